The van der Waals surface area contributed by atoms with E-state index in [4.69, 9.17) is 4.98 Å². The molecule has 6 nitrogen and oxygen atoms in total. The van der Waals surface area contributed by atoms with E-state index in [9.17, 15) is 4.79 Å². The van der Waals surface area contributed by atoms with E-state index in [0.29, 0.717) is 6.04 Å². The number of carbonyl (C=O) groups excluding carboxylic acids is 1. The number of pyridine rings is 1. The topological polar surface area (TPSA) is 54.3 Å². The molecule has 0 saturated carbocycles. The highest BCUT2D eigenvalue weighted by Gasteiger charge is 2.33. The highest BCUT2D eigenvalue weighted by atomic mass is 32.1. The van der Waals surface area contributed by atoms with Crippen molar-refractivity contribution in [3.63, 3.8) is 0 Å². The summed E-state index contributed by atoms with van der Waals surface area (Å²) in [6, 6.07) is 6.57. The van der Waals surface area contributed by atoms with Crippen LogP contribution >= 0.6 is 11.3 Å². The first kappa shape index (κ1) is 19.7. The van der Waals surface area contributed by atoms with Gasteiger partial charge in [0.15, 0.2) is 5.65 Å². The van der Waals surface area contributed by atoms with E-state index in [1.54, 1.807) is 11.3 Å². The Labute approximate surface area is 181 Å². The second-order valence-electron chi connectivity index (χ2n) is 8.75. The van der Waals surface area contributed by atoms with Crippen LogP contribution in [0, 0.1) is 0 Å². The molecule has 158 valence electrons. The van der Waals surface area contributed by atoms with Gasteiger partial charge in [0.05, 0.1) is 27.7 Å². The summed E-state index contributed by atoms with van der Waals surface area (Å²) in [5, 5.41) is 7.48. The summed E-state index contributed by atoms with van der Waals surface area (Å²) in [5.41, 5.74) is 2.40. The van der Waals surface area contributed by atoms with Gasteiger partial charge in [-0.05, 0) is 70.1 Å². The van der Waals surface area contributed by atoms with Gasteiger partial charge in [0.2, 0.25) is 0 Å². The van der Waals surface area contributed by atoms with Crippen molar-refractivity contribution in [1.82, 2.24) is 24.6 Å². The molecule has 3 aromatic heterocycles. The smallest absolute Gasteiger partial charge is 0.255 e. The summed E-state index contributed by atoms with van der Waals surface area (Å²) >= 11 is 1.65. The van der Waals surface area contributed by atoms with E-state index in [2.05, 4.69) is 40.2 Å². The number of nitrogens with zero attached hydrogens (tertiary/aromatic N) is 5. The van der Waals surface area contributed by atoms with Gasteiger partial charge in [-0.3, -0.25) is 4.79 Å². The van der Waals surface area contributed by atoms with Gasteiger partial charge in [-0.1, -0.05) is 6.07 Å². The van der Waals surface area contributed by atoms with Crippen molar-refractivity contribution < 1.29 is 4.79 Å². The number of likely N-dealkylation sites (tertiary alicyclic amines) is 2. The number of carbonyl (C=O) groups is 1. The molecule has 5 rings (SSSR count). The number of hydrogen-bond donors (Lipinski definition) is 0. The summed E-state index contributed by atoms with van der Waals surface area (Å²) in [4.78, 5) is 24.4. The van der Waals surface area contributed by atoms with Gasteiger partial charge in [-0.15, -0.1) is 11.3 Å². The number of thiophene rings is 1. The molecule has 30 heavy (non-hydrogen) atoms. The molecule has 0 aromatic carbocycles. The Balaban J connectivity index is 1.54. The Morgan fingerprint density at radius 3 is 2.80 bits per heavy atom. The molecule has 0 spiro atoms. The van der Waals surface area contributed by atoms with Crippen molar-refractivity contribution in [3.05, 3.63) is 35.3 Å². The van der Waals surface area contributed by atoms with Crippen LogP contribution in [0.1, 0.15) is 55.9 Å². The van der Waals surface area contributed by atoms with Gasteiger partial charge >= 0.3 is 0 Å². The van der Waals surface area contributed by atoms with Crippen LogP contribution in [-0.4, -0.2) is 62.7 Å². The Morgan fingerprint density at radius 2 is 2.07 bits per heavy atom. The van der Waals surface area contributed by atoms with Crippen LogP contribution in [0.15, 0.2) is 29.8 Å². The van der Waals surface area contributed by atoms with Crippen LogP contribution in [0.5, 0.6) is 0 Å². The molecule has 5 heterocycles. The Morgan fingerprint density at radius 1 is 1.23 bits per heavy atom. The molecule has 2 saturated heterocycles. The Bertz CT molecular complexity index is 1040. The number of fused-ring (bicyclic) bond motifs is 1. The summed E-state index contributed by atoms with van der Waals surface area (Å²) in [6.45, 7) is 8.38. The second-order valence-corrected chi connectivity index (χ2v) is 9.70. The maximum atomic E-state index is 13.8. The zero-order chi connectivity index (χ0) is 20.7. The lowest BCUT2D eigenvalue weighted by Crippen LogP contribution is -2.42. The van der Waals surface area contributed by atoms with Gasteiger partial charge in [-0.2, -0.15) is 5.10 Å². The van der Waals surface area contributed by atoms with Gasteiger partial charge < -0.3 is 9.80 Å². The average molecular weight is 424 g/mol. The highest BCUT2D eigenvalue weighted by molar-refractivity contribution is 7.13. The molecule has 1 atom stereocenters. The Hall–Kier alpha value is -2.25. The first-order valence-corrected chi connectivity index (χ1v) is 12.0. The minimum absolute atomic E-state index is 0.130. The maximum absolute atomic E-state index is 13.8. The van der Waals surface area contributed by atoms with Crippen molar-refractivity contribution in [1.29, 1.82) is 0 Å². The fraction of sp³-hybridized carbons (Fsp3) is 0.522. The van der Waals surface area contributed by atoms with E-state index < -0.39 is 0 Å². The van der Waals surface area contributed by atoms with Gasteiger partial charge in [0.1, 0.15) is 0 Å². The van der Waals surface area contributed by atoms with Crippen LogP contribution in [0.2, 0.25) is 0 Å². The fourth-order valence-electron chi connectivity index (χ4n) is 4.83. The number of aromatic nitrogens is 3. The van der Waals surface area contributed by atoms with E-state index in [0.717, 1.165) is 53.1 Å². The largest absolute Gasteiger partial charge is 0.334 e. The molecule has 0 aliphatic carbocycles. The zero-order valence-electron chi connectivity index (χ0n) is 17.8. The average Bonchev–Trinajstić information content (AvgIpc) is 3.54. The third-order valence-electron chi connectivity index (χ3n) is 6.37. The summed E-state index contributed by atoms with van der Waals surface area (Å²) in [5.74, 6) is 0.130. The van der Waals surface area contributed by atoms with Crippen LogP contribution in [0.4, 0.5) is 0 Å². The third kappa shape index (κ3) is 3.54. The van der Waals surface area contributed by atoms with E-state index in [-0.39, 0.29) is 11.9 Å². The van der Waals surface area contributed by atoms with Gasteiger partial charge in [0.25, 0.3) is 5.91 Å². The number of amides is 1. The van der Waals surface area contributed by atoms with E-state index >= 15 is 0 Å². The minimum Gasteiger partial charge on any atom is -0.334 e. The van der Waals surface area contributed by atoms with Crippen LogP contribution in [0.25, 0.3) is 21.6 Å². The Kier molecular flexibility index (Phi) is 5.33. The normalized spacial score (nSPS) is 20.1. The molecule has 0 bridgehead atoms. The van der Waals surface area contributed by atoms with Crippen LogP contribution in [0.3, 0.4) is 0 Å². The third-order valence-corrected chi connectivity index (χ3v) is 7.26. The number of rotatable bonds is 5. The predicted octanol–water partition coefficient (Wildman–Crippen LogP) is 4.44. The van der Waals surface area contributed by atoms with Crippen LogP contribution in [-0.2, 0) is 0 Å². The SMILES string of the molecule is CC(C)n1ncc2c(C(=O)N3CCCC3CN3CCCC3)cc(-c3cccs3)nc21. The van der Waals surface area contributed by atoms with E-state index in [1.165, 1.54) is 25.9 Å². The minimum atomic E-state index is 0.130. The van der Waals surface area contributed by atoms with Gasteiger partial charge in [0, 0.05) is 25.2 Å². The lowest BCUT2D eigenvalue weighted by Gasteiger charge is -2.29. The molecule has 3 aromatic rings. The molecule has 2 aliphatic rings. The highest BCUT2D eigenvalue weighted by Crippen LogP contribution is 2.31. The molecular formula is C23H29N5OS. The molecule has 2 aliphatic heterocycles. The fourth-order valence-corrected chi connectivity index (χ4v) is 5.52. The summed E-state index contributed by atoms with van der Waals surface area (Å²) < 4.78 is 1.93. The van der Waals surface area contributed by atoms with Crippen molar-refractivity contribution in [2.45, 2.75) is 51.6 Å². The maximum Gasteiger partial charge on any atom is 0.255 e. The lowest BCUT2D eigenvalue weighted by molar-refractivity contribution is 0.0710. The summed E-state index contributed by atoms with van der Waals surface area (Å²) in [6.07, 6.45) is 6.56. The summed E-state index contributed by atoms with van der Waals surface area (Å²) in [7, 11) is 0. The molecule has 1 amide bonds. The zero-order valence-corrected chi connectivity index (χ0v) is 18.6. The van der Waals surface area contributed by atoms with E-state index in [1.807, 2.05) is 23.0 Å². The number of hydrogen-bond acceptors (Lipinski definition) is 5. The van der Waals surface area contributed by atoms with Crippen molar-refractivity contribution in [3.8, 4) is 10.6 Å². The first-order chi connectivity index (χ1) is 14.6. The monoisotopic (exact) mass is 423 g/mol. The van der Waals surface area contributed by atoms with Crippen molar-refractivity contribution in [2.24, 2.45) is 0 Å². The molecule has 1 unspecified atom stereocenters. The van der Waals surface area contributed by atoms with Crippen molar-refractivity contribution in [2.75, 3.05) is 26.2 Å². The molecule has 2 fully saturated rings. The molecule has 0 N–H and O–H groups in total. The molecule has 0 radical (unpaired) electrons. The second kappa shape index (κ2) is 8.12. The van der Waals surface area contributed by atoms with Crippen molar-refractivity contribution >= 4 is 28.3 Å². The van der Waals surface area contributed by atoms with Gasteiger partial charge in [-0.25, -0.2) is 9.67 Å². The predicted molar refractivity (Wildman–Crippen MR) is 121 cm³/mol. The first-order valence-electron chi connectivity index (χ1n) is 11.1. The standard InChI is InChI=1S/C23H29N5OS/c1-16(2)28-22-19(14-24-28)18(13-20(25-22)21-8-6-12-30-21)23(29)27-11-5-7-17(27)15-26-9-3-4-10-26/h6,8,12-14,16-17H,3-5,7,9-11,15H2,1-2H3. The molecular weight excluding hydrogens is 394 g/mol. The van der Waals surface area contributed by atoms with Crippen LogP contribution < -0.4 is 0 Å². The molecule has 7 heteroatoms. The quantitative estimate of drug-likeness (QED) is 0.609. The lowest BCUT2D eigenvalue weighted by atomic mass is 10.1.